The molecule has 0 saturated carbocycles. The van der Waals surface area contributed by atoms with E-state index in [1.165, 1.54) is 6.20 Å². The molecule has 0 aliphatic rings. The molecule has 0 spiro atoms. The van der Waals surface area contributed by atoms with Gasteiger partial charge in [0.2, 0.25) is 0 Å². The standard InChI is InChI=1S/C9H4Br2INO/c10-6-2-7-5(8(11)9(6)12)1-4(14)3-13-7/h1-3,14H. The maximum Gasteiger partial charge on any atom is 0.134 e. The molecule has 0 aliphatic carbocycles. The Kier molecular flexibility index (Phi) is 2.99. The summed E-state index contributed by atoms with van der Waals surface area (Å²) in [5.41, 5.74) is 0.849. The van der Waals surface area contributed by atoms with Gasteiger partial charge >= 0.3 is 0 Å². The molecule has 0 unspecified atom stereocenters. The van der Waals surface area contributed by atoms with Crippen LogP contribution in [0.5, 0.6) is 5.75 Å². The van der Waals surface area contributed by atoms with Crippen LogP contribution in [0, 0.1) is 3.57 Å². The van der Waals surface area contributed by atoms with Crippen molar-refractivity contribution in [2.75, 3.05) is 0 Å². The Bertz CT molecular complexity index is 516. The third kappa shape index (κ3) is 1.77. The summed E-state index contributed by atoms with van der Waals surface area (Å²) in [6, 6.07) is 3.63. The van der Waals surface area contributed by atoms with Gasteiger partial charge in [-0.1, -0.05) is 0 Å². The van der Waals surface area contributed by atoms with Crippen LogP contribution in [0.3, 0.4) is 0 Å². The molecule has 5 heteroatoms. The van der Waals surface area contributed by atoms with Crippen molar-refractivity contribution in [3.05, 3.63) is 30.8 Å². The van der Waals surface area contributed by atoms with Gasteiger partial charge in [-0.3, -0.25) is 4.98 Å². The summed E-state index contributed by atoms with van der Waals surface area (Å²) >= 11 is 9.15. The van der Waals surface area contributed by atoms with Crippen molar-refractivity contribution in [2.24, 2.45) is 0 Å². The predicted molar refractivity (Wildman–Crippen MR) is 71.5 cm³/mol. The van der Waals surface area contributed by atoms with Crippen LogP contribution in [0.25, 0.3) is 10.9 Å². The molecular weight excluding hydrogens is 425 g/mol. The minimum absolute atomic E-state index is 0.177. The molecule has 1 N–H and O–H groups in total. The second-order valence-electron chi connectivity index (χ2n) is 2.75. The van der Waals surface area contributed by atoms with Crippen LogP contribution in [0.1, 0.15) is 0 Å². The van der Waals surface area contributed by atoms with E-state index < -0.39 is 0 Å². The highest BCUT2D eigenvalue weighted by Gasteiger charge is 2.08. The summed E-state index contributed by atoms with van der Waals surface area (Å²) in [5, 5.41) is 10.2. The number of aromatic nitrogens is 1. The maximum atomic E-state index is 9.32. The molecule has 0 saturated heterocycles. The minimum Gasteiger partial charge on any atom is -0.506 e. The van der Waals surface area contributed by atoms with E-state index >= 15 is 0 Å². The second kappa shape index (κ2) is 3.94. The van der Waals surface area contributed by atoms with E-state index in [2.05, 4.69) is 59.4 Å². The van der Waals surface area contributed by atoms with Crippen molar-refractivity contribution in [3.8, 4) is 5.75 Å². The van der Waals surface area contributed by atoms with Crippen LogP contribution in [0.4, 0.5) is 0 Å². The lowest BCUT2D eigenvalue weighted by molar-refractivity contribution is 0.474. The molecule has 1 heterocycles. The van der Waals surface area contributed by atoms with E-state index in [-0.39, 0.29) is 5.75 Å². The Morgan fingerprint density at radius 2 is 2.00 bits per heavy atom. The quantitative estimate of drug-likeness (QED) is 0.507. The highest BCUT2D eigenvalue weighted by molar-refractivity contribution is 14.1. The van der Waals surface area contributed by atoms with Crippen LogP contribution in [-0.2, 0) is 0 Å². The summed E-state index contributed by atoms with van der Waals surface area (Å²) in [6.45, 7) is 0. The van der Waals surface area contributed by atoms with E-state index in [9.17, 15) is 5.11 Å². The topological polar surface area (TPSA) is 33.1 Å². The lowest BCUT2D eigenvalue weighted by Crippen LogP contribution is -1.84. The van der Waals surface area contributed by atoms with Crippen molar-refractivity contribution in [3.63, 3.8) is 0 Å². The van der Waals surface area contributed by atoms with Crippen LogP contribution in [-0.4, -0.2) is 10.1 Å². The maximum absolute atomic E-state index is 9.32. The molecule has 0 fully saturated rings. The number of aromatic hydroxyl groups is 1. The molecule has 0 aliphatic heterocycles. The molecule has 0 amide bonds. The minimum atomic E-state index is 0.177. The second-order valence-corrected chi connectivity index (χ2v) is 5.47. The van der Waals surface area contributed by atoms with Crippen molar-refractivity contribution in [2.45, 2.75) is 0 Å². The molecule has 14 heavy (non-hydrogen) atoms. The van der Waals surface area contributed by atoms with Crippen LogP contribution >= 0.6 is 54.5 Å². The highest BCUT2D eigenvalue weighted by atomic mass is 127. The average Bonchev–Trinajstić information content (AvgIpc) is 2.16. The molecule has 2 aromatic rings. The monoisotopic (exact) mass is 427 g/mol. The molecule has 2 nitrogen and oxygen atoms in total. The Labute approximate surface area is 111 Å². The van der Waals surface area contributed by atoms with Crippen molar-refractivity contribution in [1.82, 2.24) is 4.98 Å². The van der Waals surface area contributed by atoms with Crippen molar-refractivity contribution >= 4 is 65.4 Å². The van der Waals surface area contributed by atoms with Gasteiger partial charge in [0.15, 0.2) is 0 Å². The van der Waals surface area contributed by atoms with Crippen LogP contribution in [0.2, 0.25) is 0 Å². The van der Waals surface area contributed by atoms with Gasteiger partial charge in [-0.15, -0.1) is 0 Å². The average molecular weight is 429 g/mol. The number of hydrogen-bond acceptors (Lipinski definition) is 2. The number of hydrogen-bond donors (Lipinski definition) is 1. The molecule has 0 radical (unpaired) electrons. The van der Waals surface area contributed by atoms with Gasteiger partial charge in [0.05, 0.1) is 11.7 Å². The SMILES string of the molecule is Oc1cnc2cc(Br)c(I)c(Br)c2c1. The van der Waals surface area contributed by atoms with E-state index in [1.54, 1.807) is 6.07 Å². The number of halogens is 3. The number of pyridine rings is 1. The first-order valence-corrected chi connectivity index (χ1v) is 6.38. The van der Waals surface area contributed by atoms with Gasteiger partial charge in [0, 0.05) is 17.9 Å². The predicted octanol–water partition coefficient (Wildman–Crippen LogP) is 4.07. The van der Waals surface area contributed by atoms with E-state index in [1.807, 2.05) is 6.07 Å². The Morgan fingerprint density at radius 3 is 2.71 bits per heavy atom. The number of benzene rings is 1. The smallest absolute Gasteiger partial charge is 0.134 e. The molecule has 0 atom stereocenters. The summed E-state index contributed by atoms with van der Waals surface area (Å²) in [4.78, 5) is 4.13. The first-order chi connectivity index (χ1) is 6.59. The fourth-order valence-electron chi connectivity index (χ4n) is 1.16. The number of fused-ring (bicyclic) bond motifs is 1. The zero-order valence-corrected chi connectivity index (χ0v) is 12.1. The Hall–Kier alpha value is 0.120. The summed E-state index contributed by atoms with van der Waals surface area (Å²) < 4.78 is 3.02. The lowest BCUT2D eigenvalue weighted by atomic mass is 10.2. The largest absolute Gasteiger partial charge is 0.506 e. The third-order valence-corrected chi connectivity index (χ3v) is 5.86. The number of rotatable bonds is 0. The van der Waals surface area contributed by atoms with Gasteiger partial charge in [-0.25, -0.2) is 0 Å². The summed E-state index contributed by atoms with van der Waals surface area (Å²) in [5.74, 6) is 0.177. The van der Waals surface area contributed by atoms with E-state index in [0.29, 0.717) is 0 Å². The van der Waals surface area contributed by atoms with Crippen LogP contribution < -0.4 is 0 Å². The van der Waals surface area contributed by atoms with Gasteiger partial charge in [0.25, 0.3) is 0 Å². The van der Waals surface area contributed by atoms with E-state index in [4.69, 9.17) is 0 Å². The molecule has 72 valence electrons. The molecule has 0 bridgehead atoms. The fraction of sp³-hybridized carbons (Fsp3) is 0. The number of nitrogens with zero attached hydrogens (tertiary/aromatic N) is 1. The summed E-state index contributed by atoms with van der Waals surface area (Å²) in [7, 11) is 0. The fourth-order valence-corrected chi connectivity index (χ4v) is 2.82. The van der Waals surface area contributed by atoms with Gasteiger partial charge in [-0.2, -0.15) is 0 Å². The molecule has 1 aromatic carbocycles. The van der Waals surface area contributed by atoms with E-state index in [0.717, 1.165) is 23.4 Å². The zero-order valence-electron chi connectivity index (χ0n) is 6.76. The highest BCUT2D eigenvalue weighted by Crippen LogP contribution is 2.34. The normalized spacial score (nSPS) is 10.8. The lowest BCUT2D eigenvalue weighted by Gasteiger charge is -2.05. The van der Waals surface area contributed by atoms with Crippen LogP contribution in [0.15, 0.2) is 27.3 Å². The van der Waals surface area contributed by atoms with Crippen molar-refractivity contribution < 1.29 is 5.11 Å². The van der Waals surface area contributed by atoms with Crippen molar-refractivity contribution in [1.29, 1.82) is 0 Å². The third-order valence-electron chi connectivity index (χ3n) is 1.81. The molecule has 1 aromatic heterocycles. The Morgan fingerprint density at radius 1 is 1.29 bits per heavy atom. The van der Waals surface area contributed by atoms with Gasteiger partial charge in [0.1, 0.15) is 5.75 Å². The molecule has 2 rings (SSSR count). The zero-order chi connectivity index (χ0) is 10.3. The van der Waals surface area contributed by atoms with Gasteiger partial charge < -0.3 is 5.11 Å². The van der Waals surface area contributed by atoms with Gasteiger partial charge in [-0.05, 0) is 66.6 Å². The Balaban J connectivity index is 2.92. The molecular formula is C9H4Br2INO. The first-order valence-electron chi connectivity index (χ1n) is 3.72. The first kappa shape index (κ1) is 10.6. The summed E-state index contributed by atoms with van der Waals surface area (Å²) in [6.07, 6.45) is 1.44.